The average Bonchev–Trinajstić information content (AvgIpc) is 3.24. The molecule has 2 aliphatic rings. The van der Waals surface area contributed by atoms with Crippen molar-refractivity contribution in [1.82, 2.24) is 25.3 Å². The lowest BCUT2D eigenvalue weighted by atomic mass is 10.1. The van der Waals surface area contributed by atoms with Gasteiger partial charge < -0.3 is 15.5 Å². The van der Waals surface area contributed by atoms with Crippen LogP contribution in [0.3, 0.4) is 0 Å². The first-order valence-corrected chi connectivity index (χ1v) is 9.93. The summed E-state index contributed by atoms with van der Waals surface area (Å²) in [7, 11) is 0. The second-order valence-corrected chi connectivity index (χ2v) is 7.53. The quantitative estimate of drug-likeness (QED) is 0.429. The van der Waals surface area contributed by atoms with Crippen molar-refractivity contribution in [2.45, 2.75) is 59.0 Å². The lowest BCUT2D eigenvalue weighted by Gasteiger charge is -2.15. The largest absolute Gasteiger partial charge is 0.357 e. The van der Waals surface area contributed by atoms with Gasteiger partial charge in [-0.15, -0.1) is 0 Å². The highest BCUT2D eigenvalue weighted by atomic mass is 15.3. The third kappa shape index (κ3) is 5.46. The van der Waals surface area contributed by atoms with E-state index in [1.807, 2.05) is 6.92 Å². The van der Waals surface area contributed by atoms with Gasteiger partial charge in [-0.1, -0.05) is 0 Å². The van der Waals surface area contributed by atoms with E-state index < -0.39 is 0 Å². The predicted molar refractivity (Wildman–Crippen MR) is 103 cm³/mol. The Morgan fingerprint density at radius 1 is 1.28 bits per heavy atom. The van der Waals surface area contributed by atoms with Gasteiger partial charge in [0.15, 0.2) is 5.96 Å². The molecule has 2 heterocycles. The molecule has 1 saturated heterocycles. The zero-order valence-electron chi connectivity index (χ0n) is 16.1. The molecule has 1 aliphatic carbocycles. The van der Waals surface area contributed by atoms with E-state index in [9.17, 15) is 0 Å². The Morgan fingerprint density at radius 3 is 2.80 bits per heavy atom. The van der Waals surface area contributed by atoms with Gasteiger partial charge in [0.05, 0.1) is 5.69 Å². The molecular weight excluding hydrogens is 312 g/mol. The average molecular weight is 347 g/mol. The molecule has 140 valence electrons. The van der Waals surface area contributed by atoms with Crippen LogP contribution in [-0.2, 0) is 6.54 Å². The number of hydrogen-bond acceptors (Lipinski definition) is 3. The number of aromatic nitrogens is 2. The maximum atomic E-state index is 4.82. The van der Waals surface area contributed by atoms with Crippen LogP contribution in [0.15, 0.2) is 11.1 Å². The maximum absolute atomic E-state index is 4.82. The third-order valence-electron chi connectivity index (χ3n) is 5.17. The van der Waals surface area contributed by atoms with Crippen LogP contribution in [0, 0.1) is 19.8 Å². The van der Waals surface area contributed by atoms with Gasteiger partial charge >= 0.3 is 0 Å². The molecule has 3 rings (SSSR count). The number of rotatable bonds is 8. The van der Waals surface area contributed by atoms with E-state index in [4.69, 9.17) is 4.99 Å². The summed E-state index contributed by atoms with van der Waals surface area (Å²) in [6, 6.07) is 3.03. The minimum Gasteiger partial charge on any atom is -0.357 e. The minimum absolute atomic E-state index is 0.728. The van der Waals surface area contributed by atoms with Crippen LogP contribution < -0.4 is 10.6 Å². The molecule has 6 nitrogen and oxygen atoms in total. The molecular formula is C19H34N6. The van der Waals surface area contributed by atoms with Crippen LogP contribution in [0.25, 0.3) is 0 Å². The molecule has 2 fully saturated rings. The van der Waals surface area contributed by atoms with E-state index in [1.54, 1.807) is 0 Å². The summed E-state index contributed by atoms with van der Waals surface area (Å²) in [6.07, 6.45) is 5.17. The summed E-state index contributed by atoms with van der Waals surface area (Å²) >= 11 is 0. The zero-order valence-corrected chi connectivity index (χ0v) is 16.1. The monoisotopic (exact) mass is 346 g/mol. The zero-order chi connectivity index (χ0) is 17.6. The molecule has 1 saturated carbocycles. The van der Waals surface area contributed by atoms with Crippen molar-refractivity contribution < 1.29 is 0 Å². The van der Waals surface area contributed by atoms with Crippen LogP contribution in [0.2, 0.25) is 0 Å². The highest BCUT2D eigenvalue weighted by molar-refractivity contribution is 5.79. The molecule has 6 heteroatoms. The van der Waals surface area contributed by atoms with Gasteiger partial charge in [0.1, 0.15) is 0 Å². The Hall–Kier alpha value is -1.56. The topological polar surface area (TPSA) is 57.5 Å². The minimum atomic E-state index is 0.728. The van der Waals surface area contributed by atoms with Crippen molar-refractivity contribution in [3.05, 3.63) is 17.5 Å². The van der Waals surface area contributed by atoms with E-state index in [0.29, 0.717) is 0 Å². The van der Waals surface area contributed by atoms with E-state index in [-0.39, 0.29) is 0 Å². The number of hydrogen-bond donors (Lipinski definition) is 2. The number of likely N-dealkylation sites (tertiary alicyclic amines) is 1. The number of aliphatic imine (C=N–C) groups is 1. The smallest absolute Gasteiger partial charge is 0.191 e. The van der Waals surface area contributed by atoms with Crippen LogP contribution in [0.1, 0.15) is 44.0 Å². The van der Waals surface area contributed by atoms with Gasteiger partial charge in [0.25, 0.3) is 0 Å². The van der Waals surface area contributed by atoms with Crippen LogP contribution in [-0.4, -0.2) is 59.4 Å². The normalized spacial score (nSPS) is 21.7. The van der Waals surface area contributed by atoms with Crippen LogP contribution >= 0.6 is 0 Å². The van der Waals surface area contributed by atoms with Crippen molar-refractivity contribution in [3.63, 3.8) is 0 Å². The highest BCUT2D eigenvalue weighted by Crippen LogP contribution is 2.31. The number of aryl methyl sites for hydroxylation is 3. The Balaban J connectivity index is 1.38. The fraction of sp³-hybridized carbons (Fsp3) is 0.789. The fourth-order valence-electron chi connectivity index (χ4n) is 3.68. The molecule has 2 N–H and O–H groups in total. The summed E-state index contributed by atoms with van der Waals surface area (Å²) in [5.74, 6) is 1.69. The van der Waals surface area contributed by atoms with Crippen molar-refractivity contribution in [2.75, 3.05) is 32.7 Å². The fourth-order valence-corrected chi connectivity index (χ4v) is 3.68. The Bertz CT molecular complexity index is 574. The second-order valence-electron chi connectivity index (χ2n) is 7.53. The maximum Gasteiger partial charge on any atom is 0.191 e. The second kappa shape index (κ2) is 8.70. The predicted octanol–water partition coefficient (Wildman–Crippen LogP) is 1.93. The molecule has 0 amide bonds. The van der Waals surface area contributed by atoms with Gasteiger partial charge in [-0.3, -0.25) is 9.67 Å². The van der Waals surface area contributed by atoms with Gasteiger partial charge in [0.2, 0.25) is 0 Å². The molecule has 1 unspecified atom stereocenters. The van der Waals surface area contributed by atoms with E-state index in [0.717, 1.165) is 56.2 Å². The van der Waals surface area contributed by atoms with Gasteiger partial charge in [-0.05, 0) is 65.0 Å². The Kier molecular flexibility index (Phi) is 6.34. The molecule has 1 atom stereocenters. The van der Waals surface area contributed by atoms with Gasteiger partial charge in [-0.2, -0.15) is 5.10 Å². The lowest BCUT2D eigenvalue weighted by Crippen LogP contribution is -2.38. The summed E-state index contributed by atoms with van der Waals surface area (Å²) in [5, 5.41) is 11.4. The summed E-state index contributed by atoms with van der Waals surface area (Å²) in [5.41, 5.74) is 2.33. The molecule has 1 aromatic rings. The first kappa shape index (κ1) is 18.2. The Morgan fingerprint density at radius 2 is 2.12 bits per heavy atom. The summed E-state index contributed by atoms with van der Waals surface area (Å²) in [4.78, 5) is 7.48. The standard InChI is InChI=1S/C19H34N6/c1-4-20-19(21-9-5-10-25-16(3)12-15(2)23-25)22-13-17-8-11-24(14-17)18-6-7-18/h12,17-18H,4-11,13-14H2,1-3H3,(H2,20,21,22). The molecule has 1 aliphatic heterocycles. The number of nitrogens with one attached hydrogen (secondary N) is 2. The Labute approximate surface area is 152 Å². The van der Waals surface area contributed by atoms with Gasteiger partial charge in [-0.25, -0.2) is 0 Å². The molecule has 0 bridgehead atoms. The molecule has 0 aromatic carbocycles. The van der Waals surface area contributed by atoms with Crippen molar-refractivity contribution >= 4 is 5.96 Å². The molecule has 0 spiro atoms. The van der Waals surface area contributed by atoms with E-state index in [2.05, 4.69) is 45.2 Å². The molecule has 1 aromatic heterocycles. The van der Waals surface area contributed by atoms with Crippen LogP contribution in [0.4, 0.5) is 0 Å². The lowest BCUT2D eigenvalue weighted by molar-refractivity contribution is 0.315. The van der Waals surface area contributed by atoms with Crippen molar-refractivity contribution in [2.24, 2.45) is 10.9 Å². The number of guanidine groups is 1. The molecule has 25 heavy (non-hydrogen) atoms. The first-order valence-electron chi connectivity index (χ1n) is 9.93. The van der Waals surface area contributed by atoms with Crippen molar-refractivity contribution in [3.8, 4) is 0 Å². The number of nitrogens with zero attached hydrogens (tertiary/aromatic N) is 4. The summed E-state index contributed by atoms with van der Waals surface area (Å²) in [6.45, 7) is 12.5. The van der Waals surface area contributed by atoms with E-state index in [1.165, 1.54) is 38.0 Å². The van der Waals surface area contributed by atoms with E-state index >= 15 is 0 Å². The highest BCUT2D eigenvalue weighted by Gasteiger charge is 2.34. The first-order chi connectivity index (χ1) is 12.2. The third-order valence-corrected chi connectivity index (χ3v) is 5.17. The SMILES string of the molecule is CCNC(=NCC1CCN(C2CC2)C1)NCCCn1nc(C)cc1C. The van der Waals surface area contributed by atoms with Gasteiger partial charge in [0, 0.05) is 44.5 Å². The van der Waals surface area contributed by atoms with Crippen LogP contribution in [0.5, 0.6) is 0 Å². The summed E-state index contributed by atoms with van der Waals surface area (Å²) < 4.78 is 2.09. The molecule has 0 radical (unpaired) electrons. The van der Waals surface area contributed by atoms with Crippen molar-refractivity contribution in [1.29, 1.82) is 0 Å².